The number of halogens is 1. The summed E-state index contributed by atoms with van der Waals surface area (Å²) in [6.45, 7) is 0. The van der Waals surface area contributed by atoms with Crippen LogP contribution in [0.25, 0.3) is 0 Å². The first-order chi connectivity index (χ1) is 9.47. The Hall–Kier alpha value is -2.53. The van der Waals surface area contributed by atoms with E-state index in [1.165, 1.54) is 18.2 Å². The van der Waals surface area contributed by atoms with Gasteiger partial charge in [-0.2, -0.15) is 0 Å². The van der Waals surface area contributed by atoms with Crippen LogP contribution < -0.4 is 16.8 Å². The number of carbonyl (C=O) groups excluding carboxylic acids is 2. The van der Waals surface area contributed by atoms with E-state index < -0.39 is 5.91 Å². The zero-order valence-electron chi connectivity index (χ0n) is 10.4. The molecule has 0 saturated carbocycles. The topological polar surface area (TPSA) is 98.2 Å². The van der Waals surface area contributed by atoms with E-state index in [2.05, 4.69) is 5.32 Å². The van der Waals surface area contributed by atoms with Crippen LogP contribution in [0.3, 0.4) is 0 Å². The van der Waals surface area contributed by atoms with Gasteiger partial charge in [-0.1, -0.05) is 11.6 Å². The first-order valence-electron chi connectivity index (χ1n) is 5.73. The van der Waals surface area contributed by atoms with Crippen LogP contribution in [0.5, 0.6) is 0 Å². The van der Waals surface area contributed by atoms with Crippen molar-refractivity contribution in [3.05, 3.63) is 58.6 Å². The Kier molecular flexibility index (Phi) is 3.91. The summed E-state index contributed by atoms with van der Waals surface area (Å²) >= 11 is 5.96. The summed E-state index contributed by atoms with van der Waals surface area (Å²) in [5.41, 5.74) is 12.4. The van der Waals surface area contributed by atoms with E-state index in [0.29, 0.717) is 22.5 Å². The molecular weight excluding hydrogens is 278 g/mol. The van der Waals surface area contributed by atoms with Crippen molar-refractivity contribution in [1.82, 2.24) is 0 Å². The molecule has 0 bridgehead atoms. The van der Waals surface area contributed by atoms with Gasteiger partial charge in [0, 0.05) is 16.9 Å². The number of hydrogen-bond donors (Lipinski definition) is 3. The molecule has 0 fully saturated rings. The molecule has 0 heterocycles. The van der Waals surface area contributed by atoms with Crippen LogP contribution >= 0.6 is 11.6 Å². The summed E-state index contributed by atoms with van der Waals surface area (Å²) in [7, 11) is 0. The zero-order chi connectivity index (χ0) is 14.7. The van der Waals surface area contributed by atoms with Gasteiger partial charge in [0.2, 0.25) is 5.91 Å². The van der Waals surface area contributed by atoms with E-state index in [1.54, 1.807) is 24.3 Å². The van der Waals surface area contributed by atoms with Gasteiger partial charge >= 0.3 is 0 Å². The van der Waals surface area contributed by atoms with Gasteiger partial charge in [0.15, 0.2) is 0 Å². The van der Waals surface area contributed by atoms with Gasteiger partial charge in [-0.05, 0) is 42.5 Å². The maximum atomic E-state index is 12.0. The van der Waals surface area contributed by atoms with Gasteiger partial charge < -0.3 is 16.8 Å². The number of primary amides is 1. The van der Waals surface area contributed by atoms with E-state index in [1.807, 2.05) is 0 Å². The summed E-state index contributed by atoms with van der Waals surface area (Å²) < 4.78 is 0. The molecule has 0 aliphatic heterocycles. The monoisotopic (exact) mass is 289 g/mol. The van der Waals surface area contributed by atoms with Crippen LogP contribution in [-0.2, 0) is 0 Å². The van der Waals surface area contributed by atoms with Crippen molar-refractivity contribution in [3.63, 3.8) is 0 Å². The fraction of sp³-hybridized carbons (Fsp3) is 0. The lowest BCUT2D eigenvalue weighted by atomic mass is 10.1. The Labute approximate surface area is 120 Å². The number of anilines is 2. The van der Waals surface area contributed by atoms with Crippen LogP contribution in [0.15, 0.2) is 42.5 Å². The van der Waals surface area contributed by atoms with Gasteiger partial charge in [0.1, 0.15) is 0 Å². The van der Waals surface area contributed by atoms with E-state index >= 15 is 0 Å². The molecule has 2 aromatic rings. The molecule has 0 spiro atoms. The highest BCUT2D eigenvalue weighted by molar-refractivity contribution is 6.34. The lowest BCUT2D eigenvalue weighted by Gasteiger charge is -2.07. The molecule has 0 aliphatic rings. The largest absolute Gasteiger partial charge is 0.399 e. The summed E-state index contributed by atoms with van der Waals surface area (Å²) in [5.74, 6) is -0.883. The lowest BCUT2D eigenvalue weighted by molar-refractivity contribution is 0.0998. The fourth-order valence-electron chi connectivity index (χ4n) is 1.63. The summed E-state index contributed by atoms with van der Waals surface area (Å²) in [6.07, 6.45) is 0. The molecule has 6 heteroatoms. The number of benzene rings is 2. The Morgan fingerprint density at radius 1 is 1.05 bits per heavy atom. The lowest BCUT2D eigenvalue weighted by Crippen LogP contribution is -2.14. The Morgan fingerprint density at radius 2 is 1.70 bits per heavy atom. The first kappa shape index (κ1) is 13.9. The van der Waals surface area contributed by atoms with Gasteiger partial charge in [-0.25, -0.2) is 0 Å². The highest BCUT2D eigenvalue weighted by Crippen LogP contribution is 2.20. The number of amides is 2. The maximum absolute atomic E-state index is 12.0. The highest BCUT2D eigenvalue weighted by atomic mass is 35.5. The Morgan fingerprint density at radius 3 is 2.25 bits per heavy atom. The molecule has 0 aliphatic carbocycles. The smallest absolute Gasteiger partial charge is 0.257 e. The molecule has 5 nitrogen and oxygen atoms in total. The second-order valence-corrected chi connectivity index (χ2v) is 4.54. The van der Waals surface area contributed by atoms with E-state index in [0.717, 1.165) is 0 Å². The third-order valence-electron chi connectivity index (χ3n) is 2.67. The zero-order valence-corrected chi connectivity index (χ0v) is 11.1. The van der Waals surface area contributed by atoms with Gasteiger partial charge in [0.05, 0.1) is 10.6 Å². The molecule has 0 radical (unpaired) electrons. The van der Waals surface area contributed by atoms with Crippen molar-refractivity contribution in [3.8, 4) is 0 Å². The second-order valence-electron chi connectivity index (χ2n) is 4.14. The summed E-state index contributed by atoms with van der Waals surface area (Å²) in [6, 6.07) is 10.9. The molecule has 0 aromatic heterocycles. The molecule has 102 valence electrons. The standard InChI is InChI=1S/C14H12ClN3O2/c15-12-7-9(16)3-6-11(12)14(20)18-10-4-1-8(2-5-10)13(17)19/h1-7H,16H2,(H2,17,19)(H,18,20). The first-order valence-corrected chi connectivity index (χ1v) is 6.11. The fourth-order valence-corrected chi connectivity index (χ4v) is 1.91. The van der Waals surface area contributed by atoms with E-state index in [-0.39, 0.29) is 10.9 Å². The number of nitrogens with one attached hydrogen (secondary N) is 1. The Balaban J connectivity index is 2.17. The molecule has 2 rings (SSSR count). The molecule has 2 aromatic carbocycles. The van der Waals surface area contributed by atoms with Crippen LogP contribution in [0, 0.1) is 0 Å². The van der Waals surface area contributed by atoms with E-state index in [9.17, 15) is 9.59 Å². The van der Waals surface area contributed by atoms with E-state index in [4.69, 9.17) is 23.1 Å². The molecule has 0 atom stereocenters. The highest BCUT2D eigenvalue weighted by Gasteiger charge is 2.11. The molecular formula is C14H12ClN3O2. The van der Waals surface area contributed by atoms with Crippen LogP contribution in [0.2, 0.25) is 5.02 Å². The molecule has 0 unspecified atom stereocenters. The van der Waals surface area contributed by atoms with Crippen molar-refractivity contribution >= 4 is 34.8 Å². The minimum absolute atomic E-state index is 0.274. The van der Waals surface area contributed by atoms with Crippen molar-refractivity contribution < 1.29 is 9.59 Å². The van der Waals surface area contributed by atoms with Crippen molar-refractivity contribution in [1.29, 1.82) is 0 Å². The third kappa shape index (κ3) is 3.07. The van der Waals surface area contributed by atoms with Crippen LogP contribution in [0.4, 0.5) is 11.4 Å². The van der Waals surface area contributed by atoms with Crippen molar-refractivity contribution in [2.24, 2.45) is 5.73 Å². The van der Waals surface area contributed by atoms with Crippen molar-refractivity contribution in [2.45, 2.75) is 0 Å². The molecule has 20 heavy (non-hydrogen) atoms. The number of rotatable bonds is 3. The van der Waals surface area contributed by atoms with Gasteiger partial charge in [0.25, 0.3) is 5.91 Å². The Bertz CT molecular complexity index is 669. The predicted molar refractivity (Wildman–Crippen MR) is 78.8 cm³/mol. The maximum Gasteiger partial charge on any atom is 0.257 e. The SMILES string of the molecule is NC(=O)c1ccc(NC(=O)c2ccc(N)cc2Cl)cc1. The second kappa shape index (κ2) is 5.63. The molecule has 5 N–H and O–H groups in total. The number of nitrogen functional groups attached to an aromatic ring is 1. The quantitative estimate of drug-likeness (QED) is 0.756. The predicted octanol–water partition coefficient (Wildman–Crippen LogP) is 2.27. The number of nitrogens with two attached hydrogens (primary N) is 2. The third-order valence-corrected chi connectivity index (χ3v) is 2.98. The van der Waals surface area contributed by atoms with Crippen LogP contribution in [-0.4, -0.2) is 11.8 Å². The minimum Gasteiger partial charge on any atom is -0.399 e. The summed E-state index contributed by atoms with van der Waals surface area (Å²) in [5, 5.41) is 2.94. The molecule has 2 amide bonds. The van der Waals surface area contributed by atoms with Gasteiger partial charge in [-0.15, -0.1) is 0 Å². The van der Waals surface area contributed by atoms with Gasteiger partial charge in [-0.3, -0.25) is 9.59 Å². The summed E-state index contributed by atoms with van der Waals surface area (Å²) in [4.78, 5) is 23.0. The normalized spacial score (nSPS) is 10.1. The van der Waals surface area contributed by atoms with Crippen molar-refractivity contribution in [2.75, 3.05) is 11.1 Å². The number of carbonyl (C=O) groups is 2. The van der Waals surface area contributed by atoms with Crippen LogP contribution in [0.1, 0.15) is 20.7 Å². The number of hydrogen-bond acceptors (Lipinski definition) is 3. The minimum atomic E-state index is -0.524. The average Bonchev–Trinajstić information content (AvgIpc) is 2.39. The molecule has 0 saturated heterocycles. The average molecular weight is 290 g/mol.